The second-order valence-corrected chi connectivity index (χ2v) is 7.43. The van der Waals surface area contributed by atoms with Gasteiger partial charge in [-0.25, -0.2) is 0 Å². The van der Waals surface area contributed by atoms with Crippen molar-refractivity contribution in [2.45, 2.75) is 37.9 Å². The first kappa shape index (κ1) is 17.6. The third-order valence-electron chi connectivity index (χ3n) is 5.91. The first-order chi connectivity index (χ1) is 12.8. The van der Waals surface area contributed by atoms with Crippen molar-refractivity contribution in [3.8, 4) is 11.4 Å². The summed E-state index contributed by atoms with van der Waals surface area (Å²) in [5.41, 5.74) is 2.34. The van der Waals surface area contributed by atoms with E-state index >= 15 is 0 Å². The number of rotatable bonds is 6. The number of aliphatic hydroxyl groups is 1. The van der Waals surface area contributed by atoms with Gasteiger partial charge in [-0.1, -0.05) is 12.1 Å². The number of hydrogen-bond acceptors (Lipinski definition) is 4. The highest BCUT2D eigenvalue weighted by Gasteiger charge is 2.36. The van der Waals surface area contributed by atoms with E-state index < -0.39 is 0 Å². The molecule has 140 valence electrons. The molecule has 0 radical (unpaired) electrons. The molecule has 5 nitrogen and oxygen atoms in total. The van der Waals surface area contributed by atoms with Gasteiger partial charge in [-0.15, -0.1) is 0 Å². The summed E-state index contributed by atoms with van der Waals surface area (Å²) in [4.78, 5) is 5.19. The summed E-state index contributed by atoms with van der Waals surface area (Å²) in [6, 6.07) is 13.6. The van der Waals surface area contributed by atoms with Crippen LogP contribution >= 0.6 is 0 Å². The molecule has 2 aliphatic rings. The zero-order chi connectivity index (χ0) is 17.9. The van der Waals surface area contributed by atoms with Gasteiger partial charge in [-0.05, 0) is 50.1 Å². The lowest BCUT2D eigenvalue weighted by Gasteiger charge is -2.43. The zero-order valence-electron chi connectivity index (χ0n) is 15.6. The molecule has 26 heavy (non-hydrogen) atoms. The number of ether oxygens (including phenoxy) is 1. The van der Waals surface area contributed by atoms with E-state index in [1.807, 2.05) is 18.2 Å². The highest BCUT2D eigenvalue weighted by Crippen LogP contribution is 2.29. The van der Waals surface area contributed by atoms with Crippen molar-refractivity contribution in [1.82, 2.24) is 14.4 Å². The molecular weight excluding hydrogens is 326 g/mol. The summed E-state index contributed by atoms with van der Waals surface area (Å²) < 4.78 is 7.79. The maximum Gasteiger partial charge on any atom is 0.142 e. The summed E-state index contributed by atoms with van der Waals surface area (Å²) in [6.45, 7) is 4.56. The van der Waals surface area contributed by atoms with Gasteiger partial charge in [-0.2, -0.15) is 0 Å². The molecule has 4 rings (SSSR count). The predicted molar refractivity (Wildman–Crippen MR) is 103 cm³/mol. The molecule has 2 aliphatic heterocycles. The fraction of sp³-hybridized carbons (Fsp3) is 0.524. The fourth-order valence-electron chi connectivity index (χ4n) is 4.58. The van der Waals surface area contributed by atoms with Crippen LogP contribution in [0.3, 0.4) is 0 Å². The maximum atomic E-state index is 9.54. The van der Waals surface area contributed by atoms with Crippen LogP contribution in [0.15, 0.2) is 42.6 Å². The Balaban J connectivity index is 1.58. The highest BCUT2D eigenvalue weighted by molar-refractivity contribution is 5.48. The minimum atomic E-state index is 0.257. The third kappa shape index (κ3) is 3.39. The first-order valence-electron chi connectivity index (χ1n) is 9.68. The van der Waals surface area contributed by atoms with Crippen molar-refractivity contribution in [2.75, 3.05) is 33.4 Å². The summed E-state index contributed by atoms with van der Waals surface area (Å²) in [6.07, 6.45) is 5.57. The molecular formula is C21H29N3O2. The standard InChI is InChI=1S/C21H29N3O2/c1-26-21-9-3-2-8-20(21)24-12-5-7-19(24)16-23-15-17-6-4-11-22(17)14-18(23)10-13-25/h2-3,5,7-9,12,17-18,25H,4,6,10-11,13-16H2,1H3/t17-,18+/m1/s1. The lowest BCUT2D eigenvalue weighted by atomic mass is 10.0. The Labute approximate surface area is 155 Å². The number of fused-ring (bicyclic) bond motifs is 1. The van der Waals surface area contributed by atoms with E-state index in [0.29, 0.717) is 12.1 Å². The number of piperazine rings is 1. The molecule has 0 spiro atoms. The molecule has 1 aromatic carbocycles. The first-order valence-corrected chi connectivity index (χ1v) is 9.68. The van der Waals surface area contributed by atoms with Crippen LogP contribution in [-0.4, -0.2) is 64.9 Å². The third-order valence-corrected chi connectivity index (χ3v) is 5.91. The van der Waals surface area contributed by atoms with Gasteiger partial charge < -0.3 is 14.4 Å². The topological polar surface area (TPSA) is 40.9 Å². The Morgan fingerprint density at radius 1 is 1.15 bits per heavy atom. The number of hydrogen-bond donors (Lipinski definition) is 1. The van der Waals surface area contributed by atoms with Crippen LogP contribution in [0.25, 0.3) is 5.69 Å². The van der Waals surface area contributed by atoms with Gasteiger partial charge in [0.05, 0.1) is 12.8 Å². The Hall–Kier alpha value is -1.82. The SMILES string of the molecule is COc1ccccc1-n1cccc1CN1C[C@H]2CCCN2C[C@@H]1CCO. The molecule has 0 saturated carbocycles. The summed E-state index contributed by atoms with van der Waals surface area (Å²) in [5.74, 6) is 0.887. The Morgan fingerprint density at radius 2 is 2.04 bits per heavy atom. The van der Waals surface area contributed by atoms with Crippen molar-refractivity contribution in [3.05, 3.63) is 48.3 Å². The smallest absolute Gasteiger partial charge is 0.142 e. The molecule has 0 bridgehead atoms. The second kappa shape index (κ2) is 7.82. The number of benzene rings is 1. The highest BCUT2D eigenvalue weighted by atomic mass is 16.5. The molecule has 1 aromatic heterocycles. The average Bonchev–Trinajstić information content (AvgIpc) is 3.31. The summed E-state index contributed by atoms with van der Waals surface area (Å²) >= 11 is 0. The molecule has 2 aromatic rings. The summed E-state index contributed by atoms with van der Waals surface area (Å²) in [5, 5.41) is 9.54. The van der Waals surface area contributed by atoms with Crippen LogP contribution in [0.1, 0.15) is 25.0 Å². The van der Waals surface area contributed by atoms with Gasteiger partial charge in [0.15, 0.2) is 0 Å². The molecule has 2 fully saturated rings. The van der Waals surface area contributed by atoms with Crippen molar-refractivity contribution < 1.29 is 9.84 Å². The van der Waals surface area contributed by atoms with Gasteiger partial charge >= 0.3 is 0 Å². The Kier molecular flexibility index (Phi) is 5.29. The number of aromatic nitrogens is 1. The molecule has 2 saturated heterocycles. The maximum absolute atomic E-state index is 9.54. The molecule has 2 atom stereocenters. The van der Waals surface area contributed by atoms with E-state index in [0.717, 1.165) is 37.5 Å². The molecule has 5 heteroatoms. The van der Waals surface area contributed by atoms with Crippen molar-refractivity contribution >= 4 is 0 Å². The normalized spacial score (nSPS) is 23.9. The average molecular weight is 355 g/mol. The molecule has 0 aliphatic carbocycles. The van der Waals surface area contributed by atoms with E-state index in [2.05, 4.69) is 38.8 Å². The van der Waals surface area contributed by atoms with Crippen LogP contribution in [0.2, 0.25) is 0 Å². The lowest BCUT2D eigenvalue weighted by molar-refractivity contribution is 0.0323. The molecule has 1 N–H and O–H groups in total. The van der Waals surface area contributed by atoms with Crippen LogP contribution in [-0.2, 0) is 6.54 Å². The van der Waals surface area contributed by atoms with E-state index in [4.69, 9.17) is 4.74 Å². The lowest BCUT2D eigenvalue weighted by Crippen LogP contribution is -2.55. The van der Waals surface area contributed by atoms with Crippen LogP contribution in [0.4, 0.5) is 0 Å². The van der Waals surface area contributed by atoms with Crippen molar-refractivity contribution in [3.63, 3.8) is 0 Å². The minimum Gasteiger partial charge on any atom is -0.495 e. The molecule has 0 unspecified atom stereocenters. The fourth-order valence-corrected chi connectivity index (χ4v) is 4.58. The number of aliphatic hydroxyl groups excluding tert-OH is 1. The van der Waals surface area contributed by atoms with Gasteiger partial charge in [0.2, 0.25) is 0 Å². The van der Waals surface area contributed by atoms with Crippen molar-refractivity contribution in [2.24, 2.45) is 0 Å². The zero-order valence-corrected chi connectivity index (χ0v) is 15.6. The number of methoxy groups -OCH3 is 1. The molecule has 0 amide bonds. The van der Waals surface area contributed by atoms with Gasteiger partial charge in [-0.3, -0.25) is 9.80 Å². The largest absolute Gasteiger partial charge is 0.495 e. The van der Waals surface area contributed by atoms with E-state index in [-0.39, 0.29) is 6.61 Å². The second-order valence-electron chi connectivity index (χ2n) is 7.43. The van der Waals surface area contributed by atoms with Gasteiger partial charge in [0.1, 0.15) is 5.75 Å². The minimum absolute atomic E-state index is 0.257. The van der Waals surface area contributed by atoms with Gasteiger partial charge in [0.25, 0.3) is 0 Å². The van der Waals surface area contributed by atoms with Crippen LogP contribution in [0.5, 0.6) is 5.75 Å². The monoisotopic (exact) mass is 355 g/mol. The number of nitrogens with zero attached hydrogens (tertiary/aromatic N) is 3. The van der Waals surface area contributed by atoms with Crippen LogP contribution in [0, 0.1) is 0 Å². The Bertz CT molecular complexity index is 730. The molecule has 3 heterocycles. The van der Waals surface area contributed by atoms with Crippen LogP contribution < -0.4 is 4.74 Å². The quantitative estimate of drug-likeness (QED) is 0.864. The van der Waals surface area contributed by atoms with E-state index in [1.54, 1.807) is 7.11 Å². The van der Waals surface area contributed by atoms with Gasteiger partial charge in [0, 0.05) is 50.2 Å². The Morgan fingerprint density at radius 3 is 2.88 bits per heavy atom. The summed E-state index contributed by atoms with van der Waals surface area (Å²) in [7, 11) is 1.72. The predicted octanol–water partition coefficient (Wildman–Crippen LogP) is 2.52. The van der Waals surface area contributed by atoms with E-state index in [9.17, 15) is 5.11 Å². The number of para-hydroxylation sites is 2. The van der Waals surface area contributed by atoms with Crippen molar-refractivity contribution in [1.29, 1.82) is 0 Å². The van der Waals surface area contributed by atoms with E-state index in [1.165, 1.54) is 25.1 Å².